The van der Waals surface area contributed by atoms with Gasteiger partial charge in [0, 0.05) is 11.4 Å². The van der Waals surface area contributed by atoms with Crippen molar-refractivity contribution in [3.05, 3.63) is 29.8 Å². The molecule has 0 aliphatic carbocycles. The van der Waals surface area contributed by atoms with Crippen LogP contribution in [0.2, 0.25) is 0 Å². The molecule has 1 amide bonds. The van der Waals surface area contributed by atoms with E-state index >= 15 is 0 Å². The zero-order chi connectivity index (χ0) is 15.4. The molecule has 1 aromatic carbocycles. The van der Waals surface area contributed by atoms with Crippen LogP contribution in [-0.4, -0.2) is 17.4 Å². The quantitative estimate of drug-likeness (QED) is 0.844. The maximum atomic E-state index is 11.6. The molecule has 0 radical (unpaired) electrons. The SMILES string of the molecule is [2H]C([2H])(NC(=O)OC(C)(C)C)c1ccc(SCC)cc1. The first-order valence-electron chi connectivity index (χ1n) is 6.88. The van der Waals surface area contributed by atoms with Gasteiger partial charge in [-0.3, -0.25) is 0 Å². The van der Waals surface area contributed by atoms with Crippen molar-refractivity contribution < 1.29 is 12.3 Å². The van der Waals surface area contributed by atoms with Crippen molar-refractivity contribution in [3.8, 4) is 0 Å². The smallest absolute Gasteiger partial charge is 0.407 e. The number of thioether (sulfide) groups is 1. The molecular weight excluding hydrogens is 246 g/mol. The van der Waals surface area contributed by atoms with Crippen molar-refractivity contribution >= 4 is 17.9 Å². The summed E-state index contributed by atoms with van der Waals surface area (Å²) in [5.41, 5.74) is -0.259. The minimum atomic E-state index is -1.96. The average Bonchev–Trinajstić information content (AvgIpc) is 2.26. The average molecular weight is 269 g/mol. The molecule has 0 heterocycles. The number of amides is 1. The predicted molar refractivity (Wildman–Crippen MR) is 75.9 cm³/mol. The van der Waals surface area contributed by atoms with E-state index in [0.29, 0.717) is 5.56 Å². The fraction of sp³-hybridized carbons (Fsp3) is 0.500. The monoisotopic (exact) mass is 269 g/mol. The molecule has 4 heteroatoms. The van der Waals surface area contributed by atoms with Crippen LogP contribution in [0, 0.1) is 0 Å². The van der Waals surface area contributed by atoms with Crippen LogP contribution in [0.3, 0.4) is 0 Å². The Labute approximate surface area is 116 Å². The first-order chi connectivity index (χ1) is 9.14. The van der Waals surface area contributed by atoms with E-state index in [-0.39, 0.29) is 0 Å². The van der Waals surface area contributed by atoms with Gasteiger partial charge in [-0.2, -0.15) is 0 Å². The Kier molecular flexibility index (Phi) is 4.42. The fourth-order valence-corrected chi connectivity index (χ4v) is 1.89. The van der Waals surface area contributed by atoms with Gasteiger partial charge in [0.05, 0.1) is 2.74 Å². The molecular formula is C14H21NO2S. The van der Waals surface area contributed by atoms with Gasteiger partial charge in [0.15, 0.2) is 0 Å². The number of carbonyl (C=O) groups excluding carboxylic acids is 1. The van der Waals surface area contributed by atoms with E-state index in [1.807, 2.05) is 12.1 Å². The van der Waals surface area contributed by atoms with Crippen LogP contribution in [0.25, 0.3) is 0 Å². The minimum Gasteiger partial charge on any atom is -0.444 e. The zero-order valence-corrected chi connectivity index (χ0v) is 12.1. The molecule has 0 bridgehead atoms. The van der Waals surface area contributed by atoms with Crippen molar-refractivity contribution in [2.75, 3.05) is 5.75 Å². The van der Waals surface area contributed by atoms with Crippen LogP contribution in [0.4, 0.5) is 4.79 Å². The van der Waals surface area contributed by atoms with Crippen LogP contribution < -0.4 is 5.32 Å². The third-order valence-corrected chi connectivity index (χ3v) is 2.77. The first-order valence-corrected chi connectivity index (χ1v) is 6.87. The molecule has 0 saturated heterocycles. The van der Waals surface area contributed by atoms with E-state index < -0.39 is 18.2 Å². The number of carbonyl (C=O) groups is 1. The Morgan fingerprint density at radius 2 is 2.00 bits per heavy atom. The molecule has 18 heavy (non-hydrogen) atoms. The highest BCUT2D eigenvalue weighted by atomic mass is 32.2. The largest absolute Gasteiger partial charge is 0.444 e. The summed E-state index contributed by atoms with van der Waals surface area (Å²) in [4.78, 5) is 12.7. The van der Waals surface area contributed by atoms with Crippen LogP contribution in [0.15, 0.2) is 29.2 Å². The third kappa shape index (κ3) is 5.96. The Hall–Kier alpha value is -1.16. The lowest BCUT2D eigenvalue weighted by Gasteiger charge is -2.19. The summed E-state index contributed by atoms with van der Waals surface area (Å²) in [6, 6.07) is 7.04. The number of hydrogen-bond acceptors (Lipinski definition) is 3. The highest BCUT2D eigenvalue weighted by molar-refractivity contribution is 7.99. The fourth-order valence-electron chi connectivity index (χ4n) is 1.23. The number of rotatable bonds is 4. The standard InChI is InChI=1S/C14H21NO2S/c1-5-18-12-8-6-11(7-9-12)10-15-13(16)17-14(2,3)4/h6-9H,5,10H2,1-4H3,(H,15,16)/i10D2. The van der Waals surface area contributed by atoms with Gasteiger partial charge in [-0.1, -0.05) is 19.1 Å². The van der Waals surface area contributed by atoms with Crippen molar-refractivity contribution in [1.82, 2.24) is 5.32 Å². The van der Waals surface area contributed by atoms with E-state index in [1.54, 1.807) is 44.7 Å². The third-order valence-electron chi connectivity index (χ3n) is 1.87. The summed E-state index contributed by atoms with van der Waals surface area (Å²) >= 11 is 1.68. The van der Waals surface area contributed by atoms with Crippen molar-refractivity contribution in [1.29, 1.82) is 0 Å². The van der Waals surface area contributed by atoms with Gasteiger partial charge in [-0.15, -0.1) is 11.8 Å². The van der Waals surface area contributed by atoms with Gasteiger partial charge in [-0.05, 0) is 44.2 Å². The van der Waals surface area contributed by atoms with E-state index in [9.17, 15) is 4.79 Å². The highest BCUT2D eigenvalue weighted by Gasteiger charge is 2.15. The van der Waals surface area contributed by atoms with Crippen LogP contribution in [-0.2, 0) is 11.2 Å². The Balaban J connectivity index is 2.75. The molecule has 1 rings (SSSR count). The van der Waals surface area contributed by atoms with Gasteiger partial charge < -0.3 is 10.1 Å². The number of nitrogens with one attached hydrogen (secondary N) is 1. The lowest BCUT2D eigenvalue weighted by Crippen LogP contribution is -2.32. The van der Waals surface area contributed by atoms with Crippen molar-refractivity contribution in [3.63, 3.8) is 0 Å². The maximum absolute atomic E-state index is 11.6. The summed E-state index contributed by atoms with van der Waals surface area (Å²) < 4.78 is 20.9. The summed E-state index contributed by atoms with van der Waals surface area (Å²) in [6.07, 6.45) is -0.769. The normalized spacial score (nSPS) is 13.6. The lowest BCUT2D eigenvalue weighted by atomic mass is 10.2. The molecule has 0 atom stereocenters. The molecule has 0 aliphatic heterocycles. The molecule has 0 fully saturated rings. The van der Waals surface area contributed by atoms with Crippen molar-refractivity contribution in [2.24, 2.45) is 0 Å². The summed E-state index contributed by atoms with van der Waals surface area (Å²) in [7, 11) is 0. The molecule has 0 aliphatic rings. The second-order valence-corrected chi connectivity index (χ2v) is 6.05. The zero-order valence-electron chi connectivity index (χ0n) is 13.2. The lowest BCUT2D eigenvalue weighted by molar-refractivity contribution is 0.0523. The summed E-state index contributed by atoms with van der Waals surface area (Å²) in [5.74, 6) is 0.961. The second kappa shape index (κ2) is 6.69. The molecule has 0 unspecified atom stereocenters. The van der Waals surface area contributed by atoms with Gasteiger partial charge in [0.1, 0.15) is 5.60 Å². The number of alkyl carbamates (subject to hydrolysis) is 1. The van der Waals surface area contributed by atoms with Crippen LogP contribution in [0.5, 0.6) is 0 Å². The van der Waals surface area contributed by atoms with Gasteiger partial charge in [0.25, 0.3) is 0 Å². The molecule has 100 valence electrons. The molecule has 0 saturated carbocycles. The van der Waals surface area contributed by atoms with E-state index in [1.165, 1.54) is 0 Å². The Morgan fingerprint density at radius 3 is 2.50 bits per heavy atom. The molecule has 0 spiro atoms. The number of ether oxygens (including phenoxy) is 1. The molecule has 3 nitrogen and oxygen atoms in total. The molecule has 1 N–H and O–H groups in total. The van der Waals surface area contributed by atoms with Crippen LogP contribution >= 0.6 is 11.8 Å². The second-order valence-electron chi connectivity index (χ2n) is 4.71. The van der Waals surface area contributed by atoms with E-state index in [0.717, 1.165) is 10.6 Å². The highest BCUT2D eigenvalue weighted by Crippen LogP contribution is 2.17. The molecule has 1 aromatic rings. The number of benzene rings is 1. The van der Waals surface area contributed by atoms with Crippen molar-refractivity contribution in [2.45, 2.75) is 44.7 Å². The van der Waals surface area contributed by atoms with Gasteiger partial charge in [-0.25, -0.2) is 4.79 Å². The van der Waals surface area contributed by atoms with E-state index in [4.69, 9.17) is 7.48 Å². The van der Waals surface area contributed by atoms with Gasteiger partial charge >= 0.3 is 6.09 Å². The topological polar surface area (TPSA) is 38.3 Å². The van der Waals surface area contributed by atoms with Gasteiger partial charge in [0.2, 0.25) is 0 Å². The minimum absolute atomic E-state index is 0.392. The Morgan fingerprint density at radius 1 is 1.39 bits per heavy atom. The van der Waals surface area contributed by atoms with E-state index in [2.05, 4.69) is 12.2 Å². The number of hydrogen-bond donors (Lipinski definition) is 1. The predicted octanol–water partition coefficient (Wildman–Crippen LogP) is 3.82. The molecule has 0 aromatic heterocycles. The summed E-state index contributed by atoms with van der Waals surface area (Å²) in [6.45, 7) is 5.30. The first kappa shape index (κ1) is 11.9. The summed E-state index contributed by atoms with van der Waals surface area (Å²) in [5, 5.41) is 2.25. The Bertz CT molecular complexity index is 455. The maximum Gasteiger partial charge on any atom is 0.407 e. The van der Waals surface area contributed by atoms with Crippen LogP contribution in [0.1, 0.15) is 36.0 Å².